The van der Waals surface area contributed by atoms with Crippen molar-refractivity contribution >= 4 is 23.3 Å². The van der Waals surface area contributed by atoms with Crippen LogP contribution in [0.5, 0.6) is 0 Å². The number of fused-ring (bicyclic) bond motifs is 1. The molecule has 9 nitrogen and oxygen atoms in total. The predicted molar refractivity (Wildman–Crippen MR) is 139 cm³/mol. The number of ether oxygens (including phenoxy) is 1. The van der Waals surface area contributed by atoms with Crippen molar-refractivity contribution in [2.75, 3.05) is 44.2 Å². The molecule has 0 radical (unpaired) electrons. The fourth-order valence-corrected chi connectivity index (χ4v) is 6.03. The maximum atomic E-state index is 13.6. The van der Waals surface area contributed by atoms with Gasteiger partial charge in [0.25, 0.3) is 5.91 Å². The number of hydrogen-bond donors (Lipinski definition) is 2. The van der Waals surface area contributed by atoms with Crippen LogP contribution >= 0.6 is 0 Å². The van der Waals surface area contributed by atoms with Gasteiger partial charge in [-0.2, -0.15) is 0 Å². The Kier molecular flexibility index (Phi) is 7.31. The highest BCUT2D eigenvalue weighted by Gasteiger charge is 2.53. The molecule has 0 spiro atoms. The molecule has 4 aliphatic rings. The summed E-state index contributed by atoms with van der Waals surface area (Å²) in [4.78, 5) is 45.5. The third kappa shape index (κ3) is 5.54. The first kappa shape index (κ1) is 26.1. The number of carbonyl (C=O) groups excluding carboxylic acids is 3. The zero-order chi connectivity index (χ0) is 26.3. The van der Waals surface area contributed by atoms with Crippen LogP contribution in [0.15, 0.2) is 24.3 Å². The lowest BCUT2D eigenvalue weighted by Gasteiger charge is -2.43. The molecule has 0 bridgehead atoms. The summed E-state index contributed by atoms with van der Waals surface area (Å²) < 4.78 is 5.41. The topological polar surface area (TPSA) is 102 Å². The number of ketones is 1. The maximum Gasteiger partial charge on any atom is 0.251 e. The first-order chi connectivity index (χ1) is 17.6. The molecule has 2 amide bonds. The van der Waals surface area contributed by atoms with Crippen LogP contribution in [0.25, 0.3) is 0 Å². The van der Waals surface area contributed by atoms with Crippen molar-refractivity contribution in [2.45, 2.75) is 76.8 Å². The minimum absolute atomic E-state index is 0.0269. The zero-order valence-electron chi connectivity index (χ0n) is 22.2. The van der Waals surface area contributed by atoms with E-state index in [9.17, 15) is 19.5 Å². The molecule has 9 heteroatoms. The number of carbonyl (C=O) groups is 3. The van der Waals surface area contributed by atoms with E-state index in [4.69, 9.17) is 4.74 Å². The smallest absolute Gasteiger partial charge is 0.251 e. The number of nitrogens with zero attached hydrogens (tertiary/aromatic N) is 3. The van der Waals surface area contributed by atoms with E-state index >= 15 is 0 Å². The zero-order valence-corrected chi connectivity index (χ0v) is 22.2. The van der Waals surface area contributed by atoms with Crippen molar-refractivity contribution in [3.05, 3.63) is 29.8 Å². The maximum absolute atomic E-state index is 13.6. The number of benzene rings is 1. The molecule has 4 atom stereocenters. The molecular weight excluding hydrogens is 472 g/mol. The Labute approximate surface area is 219 Å². The molecule has 202 valence electrons. The fourth-order valence-electron chi connectivity index (χ4n) is 6.03. The van der Waals surface area contributed by atoms with Gasteiger partial charge in [0.15, 0.2) is 5.78 Å². The summed E-state index contributed by atoms with van der Waals surface area (Å²) in [5.74, 6) is -0.885. The van der Waals surface area contributed by atoms with Gasteiger partial charge in [0.05, 0.1) is 6.54 Å². The molecule has 0 unspecified atom stereocenters. The SMILES string of the molecule is CC(C)(C)C[C@H](NC(=O)c1ccc(N2CCN(C3CCC3)CC2)cc1)C(=O)N1C[C@H](O)[C@H]2OCC(=O)[C@H]21. The van der Waals surface area contributed by atoms with Crippen molar-refractivity contribution in [1.29, 1.82) is 0 Å². The van der Waals surface area contributed by atoms with Crippen molar-refractivity contribution < 1.29 is 24.2 Å². The quantitative estimate of drug-likeness (QED) is 0.595. The highest BCUT2D eigenvalue weighted by atomic mass is 16.5. The van der Waals surface area contributed by atoms with E-state index in [0.717, 1.165) is 37.9 Å². The van der Waals surface area contributed by atoms with Gasteiger partial charge < -0.3 is 25.0 Å². The van der Waals surface area contributed by atoms with Gasteiger partial charge in [0.2, 0.25) is 5.91 Å². The van der Waals surface area contributed by atoms with Crippen LogP contribution in [0, 0.1) is 5.41 Å². The number of hydrogen-bond acceptors (Lipinski definition) is 7. The van der Waals surface area contributed by atoms with E-state index in [1.54, 1.807) is 0 Å². The number of piperazine rings is 1. The largest absolute Gasteiger partial charge is 0.388 e. The molecule has 3 heterocycles. The van der Waals surface area contributed by atoms with Gasteiger partial charge in [-0.15, -0.1) is 0 Å². The van der Waals surface area contributed by atoms with Gasteiger partial charge in [-0.05, 0) is 48.9 Å². The molecule has 1 aromatic carbocycles. The van der Waals surface area contributed by atoms with E-state index in [1.165, 1.54) is 24.2 Å². The number of likely N-dealkylation sites (tertiary alicyclic amines) is 1. The van der Waals surface area contributed by atoms with Gasteiger partial charge >= 0.3 is 0 Å². The number of aliphatic hydroxyl groups excluding tert-OH is 1. The summed E-state index contributed by atoms with van der Waals surface area (Å²) in [6.45, 7) is 10.0. The summed E-state index contributed by atoms with van der Waals surface area (Å²) in [7, 11) is 0. The van der Waals surface area contributed by atoms with Gasteiger partial charge in [-0.1, -0.05) is 27.2 Å². The summed E-state index contributed by atoms with van der Waals surface area (Å²) in [5.41, 5.74) is 1.35. The van der Waals surface area contributed by atoms with Crippen molar-refractivity contribution in [3.63, 3.8) is 0 Å². The average molecular weight is 513 g/mol. The van der Waals surface area contributed by atoms with Crippen molar-refractivity contribution in [3.8, 4) is 0 Å². The van der Waals surface area contributed by atoms with Crippen molar-refractivity contribution in [2.24, 2.45) is 5.41 Å². The first-order valence-electron chi connectivity index (χ1n) is 13.6. The molecule has 1 aromatic rings. The van der Waals surface area contributed by atoms with Crippen LogP contribution < -0.4 is 10.2 Å². The first-order valence-corrected chi connectivity index (χ1v) is 13.6. The van der Waals surface area contributed by atoms with Gasteiger partial charge in [0.1, 0.15) is 30.9 Å². The Morgan fingerprint density at radius 2 is 1.78 bits per heavy atom. The van der Waals surface area contributed by atoms with Crippen LogP contribution in [0.4, 0.5) is 5.69 Å². The number of β-amino-alcohol motifs (C(OH)–C–C–N with tert-alkyl or cyclic N) is 1. The second-order valence-electron chi connectivity index (χ2n) is 12.2. The highest BCUT2D eigenvalue weighted by molar-refractivity contribution is 5.99. The predicted octanol–water partition coefficient (Wildman–Crippen LogP) is 1.44. The second kappa shape index (κ2) is 10.3. The minimum Gasteiger partial charge on any atom is -0.388 e. The Bertz CT molecular complexity index is 1010. The summed E-state index contributed by atoms with van der Waals surface area (Å²) in [5, 5.41) is 13.3. The molecule has 0 aromatic heterocycles. The van der Waals surface area contributed by atoms with E-state index in [1.807, 2.05) is 45.0 Å². The third-order valence-electron chi connectivity index (χ3n) is 8.26. The molecule has 1 aliphatic carbocycles. The van der Waals surface area contributed by atoms with E-state index in [2.05, 4.69) is 15.1 Å². The van der Waals surface area contributed by atoms with Gasteiger partial charge in [-0.25, -0.2) is 0 Å². The Morgan fingerprint density at radius 1 is 1.11 bits per heavy atom. The van der Waals surface area contributed by atoms with Crippen LogP contribution in [-0.2, 0) is 14.3 Å². The second-order valence-corrected chi connectivity index (χ2v) is 12.2. The average Bonchev–Trinajstić information content (AvgIpc) is 3.37. The lowest BCUT2D eigenvalue weighted by molar-refractivity contribution is -0.138. The Morgan fingerprint density at radius 3 is 2.38 bits per heavy atom. The summed E-state index contributed by atoms with van der Waals surface area (Å²) >= 11 is 0. The number of amides is 2. The van der Waals surface area contributed by atoms with Crippen LogP contribution in [0.3, 0.4) is 0 Å². The summed E-state index contributed by atoms with van der Waals surface area (Å²) in [6.07, 6.45) is 2.81. The Balaban J connectivity index is 1.24. The fraction of sp³-hybridized carbons (Fsp3) is 0.679. The molecule has 4 fully saturated rings. The number of rotatable bonds is 6. The van der Waals surface area contributed by atoms with Gasteiger partial charge in [-0.3, -0.25) is 19.3 Å². The van der Waals surface area contributed by atoms with E-state index in [0.29, 0.717) is 12.0 Å². The highest BCUT2D eigenvalue weighted by Crippen LogP contribution is 2.30. The number of aliphatic hydroxyl groups is 1. The van der Waals surface area contributed by atoms with Crippen molar-refractivity contribution in [1.82, 2.24) is 15.1 Å². The normalized spacial score (nSPS) is 27.7. The standard InChI is InChI=1S/C28H40N4O5/c1-28(2,3)15-21(27(36)32-16-22(33)25-24(32)23(34)17-37-25)29-26(35)18-7-9-20(10-8-18)31-13-11-30(12-14-31)19-5-4-6-19/h7-10,19,21-22,24-25,33H,4-6,11-17H2,1-3H3,(H,29,35)/t21-,22-,24+,25+/m0/s1. The molecule has 1 saturated carbocycles. The van der Waals surface area contributed by atoms with Gasteiger partial charge in [0, 0.05) is 43.5 Å². The monoisotopic (exact) mass is 512 g/mol. The number of anilines is 1. The minimum atomic E-state index is -0.908. The summed E-state index contributed by atoms with van der Waals surface area (Å²) in [6, 6.07) is 6.74. The molecule has 37 heavy (non-hydrogen) atoms. The molecule has 2 N–H and O–H groups in total. The van der Waals surface area contributed by atoms with E-state index in [-0.39, 0.29) is 36.2 Å². The lowest BCUT2D eigenvalue weighted by atomic mass is 9.87. The lowest BCUT2D eigenvalue weighted by Crippen LogP contribution is -2.53. The molecule has 3 aliphatic heterocycles. The number of nitrogens with one attached hydrogen (secondary N) is 1. The van der Waals surface area contributed by atoms with Crippen LogP contribution in [-0.4, -0.2) is 102 Å². The molecular formula is C28H40N4O5. The number of Topliss-reactive ketones (excluding diaryl/α,β-unsaturated/α-hetero) is 1. The Hall–Kier alpha value is -2.49. The van der Waals surface area contributed by atoms with Crippen LogP contribution in [0.1, 0.15) is 56.8 Å². The van der Waals surface area contributed by atoms with E-state index < -0.39 is 24.3 Å². The molecule has 5 rings (SSSR count). The van der Waals surface area contributed by atoms with Crippen LogP contribution in [0.2, 0.25) is 0 Å². The third-order valence-corrected chi connectivity index (χ3v) is 8.26. The molecule has 3 saturated heterocycles.